The van der Waals surface area contributed by atoms with E-state index in [9.17, 15) is 19.8 Å². The predicted molar refractivity (Wildman–Crippen MR) is 73.1 cm³/mol. The molecule has 0 saturated carbocycles. The fourth-order valence-corrected chi connectivity index (χ4v) is 2.30. The Morgan fingerprint density at radius 1 is 1.48 bits per heavy atom. The van der Waals surface area contributed by atoms with Crippen molar-refractivity contribution in [2.24, 2.45) is 0 Å². The molecule has 4 atom stereocenters. The lowest BCUT2D eigenvalue weighted by atomic mass is 10.1. The van der Waals surface area contributed by atoms with Crippen molar-refractivity contribution < 1.29 is 19.7 Å². The molecule has 0 bridgehead atoms. The van der Waals surface area contributed by atoms with Crippen molar-refractivity contribution in [2.75, 3.05) is 13.2 Å². The molecule has 2 rings (SSSR count). The SMILES string of the molecule is CCCOC1[C@@H](O)[C@@H](CO)O[C@H]1n1cc(C)c(=O)[nH]c1=O. The van der Waals surface area contributed by atoms with E-state index in [0.29, 0.717) is 12.2 Å². The van der Waals surface area contributed by atoms with Crippen molar-refractivity contribution in [1.29, 1.82) is 0 Å². The number of aliphatic hydroxyl groups is 2. The minimum Gasteiger partial charge on any atom is -0.394 e. The van der Waals surface area contributed by atoms with Gasteiger partial charge in [-0.3, -0.25) is 14.3 Å². The summed E-state index contributed by atoms with van der Waals surface area (Å²) in [5.41, 5.74) is -0.777. The van der Waals surface area contributed by atoms with E-state index in [4.69, 9.17) is 9.47 Å². The highest BCUT2D eigenvalue weighted by Crippen LogP contribution is 2.30. The minimum atomic E-state index is -1.05. The summed E-state index contributed by atoms with van der Waals surface area (Å²) in [5, 5.41) is 19.4. The molecular formula is C13H20N2O6. The Morgan fingerprint density at radius 2 is 2.19 bits per heavy atom. The maximum absolute atomic E-state index is 11.9. The van der Waals surface area contributed by atoms with Crippen LogP contribution in [0.5, 0.6) is 0 Å². The second-order valence-electron chi connectivity index (χ2n) is 5.05. The lowest BCUT2D eigenvalue weighted by Crippen LogP contribution is -2.40. The number of hydrogen-bond donors (Lipinski definition) is 3. The third kappa shape index (κ3) is 3.08. The lowest BCUT2D eigenvalue weighted by Gasteiger charge is -2.22. The molecule has 0 spiro atoms. The van der Waals surface area contributed by atoms with Gasteiger partial charge in [0.05, 0.1) is 6.61 Å². The molecule has 0 aromatic carbocycles. The normalized spacial score (nSPS) is 29.0. The lowest BCUT2D eigenvalue weighted by molar-refractivity contribution is -0.0742. The van der Waals surface area contributed by atoms with Gasteiger partial charge in [0.15, 0.2) is 6.23 Å². The van der Waals surface area contributed by atoms with Crippen LogP contribution >= 0.6 is 0 Å². The molecule has 2 heterocycles. The molecule has 118 valence electrons. The molecule has 1 aliphatic rings. The topological polar surface area (TPSA) is 114 Å². The Hall–Kier alpha value is -1.48. The Labute approximate surface area is 120 Å². The van der Waals surface area contributed by atoms with E-state index in [1.807, 2.05) is 6.92 Å². The van der Waals surface area contributed by atoms with Crippen LogP contribution in [0.3, 0.4) is 0 Å². The Balaban J connectivity index is 2.37. The zero-order valence-electron chi connectivity index (χ0n) is 12.0. The smallest absolute Gasteiger partial charge is 0.330 e. The number of aromatic amines is 1. The molecule has 1 saturated heterocycles. The molecule has 3 N–H and O–H groups in total. The number of nitrogens with one attached hydrogen (secondary N) is 1. The van der Waals surface area contributed by atoms with Crippen molar-refractivity contribution in [3.8, 4) is 0 Å². The number of aliphatic hydroxyl groups excluding tert-OH is 2. The van der Waals surface area contributed by atoms with Crippen LogP contribution in [0.1, 0.15) is 25.1 Å². The first kappa shape index (κ1) is 15.9. The zero-order valence-corrected chi connectivity index (χ0v) is 12.0. The van der Waals surface area contributed by atoms with Gasteiger partial charge in [-0.25, -0.2) is 4.79 Å². The number of rotatable bonds is 5. The molecule has 21 heavy (non-hydrogen) atoms. The average molecular weight is 300 g/mol. The van der Waals surface area contributed by atoms with Crippen molar-refractivity contribution in [2.45, 2.75) is 44.8 Å². The molecule has 8 nitrogen and oxygen atoms in total. The van der Waals surface area contributed by atoms with E-state index in [1.165, 1.54) is 10.8 Å². The maximum atomic E-state index is 11.9. The molecular weight excluding hydrogens is 280 g/mol. The zero-order chi connectivity index (χ0) is 15.6. The molecule has 0 radical (unpaired) electrons. The van der Waals surface area contributed by atoms with E-state index >= 15 is 0 Å². The second kappa shape index (κ2) is 6.52. The van der Waals surface area contributed by atoms with Crippen LogP contribution in [0, 0.1) is 6.92 Å². The Bertz CT molecular complexity index is 595. The second-order valence-corrected chi connectivity index (χ2v) is 5.05. The Kier molecular flexibility index (Phi) is 4.94. The van der Waals surface area contributed by atoms with Crippen LogP contribution in [0.4, 0.5) is 0 Å². The van der Waals surface area contributed by atoms with Crippen LogP contribution in [0.2, 0.25) is 0 Å². The third-order valence-electron chi connectivity index (χ3n) is 3.43. The van der Waals surface area contributed by atoms with Crippen LogP contribution in [-0.2, 0) is 9.47 Å². The van der Waals surface area contributed by atoms with Crippen molar-refractivity contribution in [3.63, 3.8) is 0 Å². The summed E-state index contributed by atoms with van der Waals surface area (Å²) in [4.78, 5) is 25.5. The van der Waals surface area contributed by atoms with Crippen LogP contribution < -0.4 is 11.2 Å². The minimum absolute atomic E-state index is 0.342. The highest BCUT2D eigenvalue weighted by molar-refractivity contribution is 5.03. The monoisotopic (exact) mass is 300 g/mol. The molecule has 0 aliphatic carbocycles. The molecule has 1 aromatic rings. The van der Waals surface area contributed by atoms with E-state index in [1.54, 1.807) is 6.92 Å². The highest BCUT2D eigenvalue weighted by Gasteiger charge is 2.45. The number of aryl methyl sites for hydroxylation is 1. The van der Waals surface area contributed by atoms with E-state index < -0.39 is 35.8 Å². The van der Waals surface area contributed by atoms with Crippen molar-refractivity contribution in [1.82, 2.24) is 9.55 Å². The maximum Gasteiger partial charge on any atom is 0.330 e. The first-order chi connectivity index (χ1) is 9.99. The van der Waals surface area contributed by atoms with Gasteiger partial charge in [-0.1, -0.05) is 6.92 Å². The van der Waals surface area contributed by atoms with E-state index in [-0.39, 0.29) is 6.61 Å². The summed E-state index contributed by atoms with van der Waals surface area (Å²) in [6.45, 7) is 3.47. The summed E-state index contributed by atoms with van der Waals surface area (Å²) >= 11 is 0. The average Bonchev–Trinajstić information content (AvgIpc) is 2.77. The predicted octanol–water partition coefficient (Wildman–Crippen LogP) is -1.11. The quantitative estimate of drug-likeness (QED) is 0.635. The van der Waals surface area contributed by atoms with Crippen molar-refractivity contribution >= 4 is 0 Å². The van der Waals surface area contributed by atoms with Gasteiger partial charge < -0.3 is 19.7 Å². The summed E-state index contributed by atoms with van der Waals surface area (Å²) in [6, 6.07) is 0. The first-order valence-corrected chi connectivity index (χ1v) is 6.87. The fourth-order valence-electron chi connectivity index (χ4n) is 2.30. The number of H-pyrrole nitrogens is 1. The molecule has 1 unspecified atom stereocenters. The van der Waals surface area contributed by atoms with Gasteiger partial charge in [0.1, 0.15) is 18.3 Å². The van der Waals surface area contributed by atoms with Gasteiger partial charge in [0.2, 0.25) is 0 Å². The fraction of sp³-hybridized carbons (Fsp3) is 0.692. The summed E-state index contributed by atoms with van der Waals surface area (Å²) < 4.78 is 12.2. The Morgan fingerprint density at radius 3 is 2.81 bits per heavy atom. The van der Waals surface area contributed by atoms with E-state index in [0.717, 1.165) is 6.42 Å². The number of nitrogens with zero attached hydrogens (tertiary/aromatic N) is 1. The number of hydrogen-bond acceptors (Lipinski definition) is 6. The van der Waals surface area contributed by atoms with Gasteiger partial charge in [0, 0.05) is 18.4 Å². The van der Waals surface area contributed by atoms with Crippen molar-refractivity contribution in [3.05, 3.63) is 32.6 Å². The first-order valence-electron chi connectivity index (χ1n) is 6.87. The molecule has 0 amide bonds. The molecule has 1 aromatic heterocycles. The van der Waals surface area contributed by atoms with Crippen LogP contribution in [0.25, 0.3) is 0 Å². The molecule has 1 aliphatic heterocycles. The van der Waals surface area contributed by atoms with Crippen LogP contribution in [0.15, 0.2) is 15.8 Å². The number of ether oxygens (including phenoxy) is 2. The van der Waals surface area contributed by atoms with Gasteiger partial charge in [0.25, 0.3) is 5.56 Å². The van der Waals surface area contributed by atoms with Gasteiger partial charge >= 0.3 is 5.69 Å². The van der Waals surface area contributed by atoms with Gasteiger partial charge in [-0.15, -0.1) is 0 Å². The molecule has 8 heteroatoms. The number of aromatic nitrogens is 2. The highest BCUT2D eigenvalue weighted by atomic mass is 16.6. The van der Waals surface area contributed by atoms with Crippen LogP contribution in [-0.4, -0.2) is 51.3 Å². The molecule has 1 fully saturated rings. The van der Waals surface area contributed by atoms with E-state index in [2.05, 4.69) is 4.98 Å². The summed E-state index contributed by atoms with van der Waals surface area (Å²) in [7, 11) is 0. The largest absolute Gasteiger partial charge is 0.394 e. The standard InChI is InChI=1S/C13H20N2O6/c1-3-4-20-10-9(17)8(6-16)21-12(10)15-5-7(2)11(18)14-13(15)19/h5,8-10,12,16-17H,3-4,6H2,1-2H3,(H,14,18,19)/t8-,9+,10?,12-/m1/s1. The summed E-state index contributed by atoms with van der Waals surface area (Å²) in [5.74, 6) is 0. The third-order valence-corrected chi connectivity index (χ3v) is 3.43. The van der Waals surface area contributed by atoms with Gasteiger partial charge in [-0.2, -0.15) is 0 Å². The summed E-state index contributed by atoms with van der Waals surface area (Å²) in [6.07, 6.45) is -1.47. The van der Waals surface area contributed by atoms with Gasteiger partial charge in [-0.05, 0) is 13.3 Å².